The van der Waals surface area contributed by atoms with Gasteiger partial charge in [0.1, 0.15) is 16.7 Å². The van der Waals surface area contributed by atoms with Gasteiger partial charge in [-0.2, -0.15) is 0 Å². The summed E-state index contributed by atoms with van der Waals surface area (Å²) in [6.45, 7) is 0. The third-order valence-corrected chi connectivity index (χ3v) is 4.22. The quantitative estimate of drug-likeness (QED) is 0.384. The topological polar surface area (TPSA) is 33.5 Å². The summed E-state index contributed by atoms with van der Waals surface area (Å²) < 4.78 is 4.12. The van der Waals surface area contributed by atoms with Crippen molar-refractivity contribution < 1.29 is 4.57 Å². The van der Waals surface area contributed by atoms with Gasteiger partial charge in [-0.3, -0.25) is 0 Å². The van der Waals surface area contributed by atoms with Gasteiger partial charge >= 0.3 is 5.95 Å². The van der Waals surface area contributed by atoms with E-state index >= 15 is 0 Å². The van der Waals surface area contributed by atoms with Gasteiger partial charge in [-0.25, -0.2) is 9.13 Å². The number of nitrogens with zero attached hydrogens (tertiary/aromatic N) is 4. The summed E-state index contributed by atoms with van der Waals surface area (Å²) in [5, 5.41) is 11.3. The molecule has 1 heterocycles. The first kappa shape index (κ1) is 13.6. The molecule has 23 heavy (non-hydrogen) atoms. The first-order chi connectivity index (χ1) is 11.3. The molecule has 3 aromatic carbocycles. The number of rotatable bonds is 2. The normalized spacial score (nSPS) is 11.7. The Morgan fingerprint density at radius 2 is 1.57 bits per heavy atom. The van der Waals surface area contributed by atoms with E-state index in [-0.39, 0.29) is 0 Å². The van der Waals surface area contributed by atoms with Crippen LogP contribution in [0.5, 0.6) is 0 Å². The molecule has 4 aromatic rings. The van der Waals surface area contributed by atoms with Crippen LogP contribution in [0.2, 0.25) is 0 Å². The smallest absolute Gasteiger partial charge is 0.226 e. The molecule has 0 aliphatic heterocycles. The van der Waals surface area contributed by atoms with Crippen molar-refractivity contribution in [3.8, 4) is 0 Å². The van der Waals surface area contributed by atoms with E-state index in [1.54, 1.807) is 0 Å². The number of para-hydroxylation sites is 2. The zero-order chi connectivity index (χ0) is 15.8. The summed E-state index contributed by atoms with van der Waals surface area (Å²) >= 11 is 0. The van der Waals surface area contributed by atoms with Crippen LogP contribution in [-0.4, -0.2) is 4.57 Å². The molecule has 4 rings (SSSR count). The van der Waals surface area contributed by atoms with Crippen LogP contribution in [0.25, 0.3) is 21.8 Å². The summed E-state index contributed by atoms with van der Waals surface area (Å²) in [6.07, 6.45) is 0. The fourth-order valence-electron chi connectivity index (χ4n) is 3.00. The molecule has 4 nitrogen and oxygen atoms in total. The molecule has 112 valence electrons. The van der Waals surface area contributed by atoms with Crippen LogP contribution in [0.15, 0.2) is 77.0 Å². The first-order valence-electron chi connectivity index (χ1n) is 7.58. The van der Waals surface area contributed by atoms with Crippen molar-refractivity contribution in [2.75, 3.05) is 0 Å². The summed E-state index contributed by atoms with van der Waals surface area (Å²) in [4.78, 5) is 0. The molecule has 0 N–H and O–H groups in total. The Bertz CT molecular complexity index is 1000. The van der Waals surface area contributed by atoms with Gasteiger partial charge in [0.05, 0.1) is 14.1 Å². The molecule has 0 fully saturated rings. The lowest BCUT2D eigenvalue weighted by atomic mass is 10.1. The van der Waals surface area contributed by atoms with Crippen LogP contribution in [0, 0.1) is 0 Å². The molecule has 0 amide bonds. The van der Waals surface area contributed by atoms with E-state index < -0.39 is 0 Å². The Hall–Kier alpha value is -3.01. The molecular formula is C19H17N4+. The SMILES string of the molecule is Cn1c(N=Nc2cccc3ccccc23)[n+](C)c2ccccc21. The van der Waals surface area contributed by atoms with E-state index in [0.29, 0.717) is 0 Å². The highest BCUT2D eigenvalue weighted by Gasteiger charge is 2.18. The molecule has 0 spiro atoms. The second-order valence-electron chi connectivity index (χ2n) is 5.61. The van der Waals surface area contributed by atoms with Gasteiger partial charge in [0.2, 0.25) is 0 Å². The molecule has 0 aliphatic rings. The average Bonchev–Trinajstić information content (AvgIpc) is 2.84. The Morgan fingerprint density at radius 1 is 0.826 bits per heavy atom. The molecule has 1 aromatic heterocycles. The zero-order valence-electron chi connectivity index (χ0n) is 13.1. The predicted octanol–water partition coefficient (Wildman–Crippen LogP) is 4.57. The second kappa shape index (κ2) is 5.32. The monoisotopic (exact) mass is 301 g/mol. The van der Waals surface area contributed by atoms with E-state index in [1.165, 1.54) is 5.39 Å². The molecule has 0 saturated heterocycles. The zero-order valence-corrected chi connectivity index (χ0v) is 13.1. The molecule has 0 aliphatic carbocycles. The van der Waals surface area contributed by atoms with Crippen molar-refractivity contribution in [3.05, 3.63) is 66.7 Å². The van der Waals surface area contributed by atoms with E-state index in [4.69, 9.17) is 0 Å². The number of hydrogen-bond acceptors (Lipinski definition) is 2. The fourth-order valence-corrected chi connectivity index (χ4v) is 3.00. The van der Waals surface area contributed by atoms with Crippen molar-refractivity contribution in [2.45, 2.75) is 0 Å². The largest absolute Gasteiger partial charge is 0.422 e. The van der Waals surface area contributed by atoms with Crippen molar-refractivity contribution in [1.29, 1.82) is 0 Å². The maximum absolute atomic E-state index is 4.51. The van der Waals surface area contributed by atoms with Gasteiger partial charge in [0, 0.05) is 10.5 Å². The van der Waals surface area contributed by atoms with Gasteiger partial charge in [-0.05, 0) is 23.6 Å². The Balaban J connectivity index is 1.85. The van der Waals surface area contributed by atoms with Crippen molar-refractivity contribution in [1.82, 2.24) is 4.57 Å². The van der Waals surface area contributed by atoms with E-state index in [1.807, 2.05) is 50.5 Å². The molecular weight excluding hydrogens is 284 g/mol. The highest BCUT2D eigenvalue weighted by Crippen LogP contribution is 2.27. The summed E-state index contributed by atoms with van der Waals surface area (Å²) in [6, 6.07) is 22.6. The molecule has 0 bridgehead atoms. The molecule has 0 saturated carbocycles. The highest BCUT2D eigenvalue weighted by molar-refractivity contribution is 5.92. The minimum atomic E-state index is 0.819. The average molecular weight is 301 g/mol. The first-order valence-corrected chi connectivity index (χ1v) is 7.58. The van der Waals surface area contributed by atoms with Gasteiger partial charge in [0.15, 0.2) is 0 Å². The Morgan fingerprint density at radius 3 is 2.43 bits per heavy atom. The van der Waals surface area contributed by atoms with Crippen LogP contribution >= 0.6 is 0 Å². The van der Waals surface area contributed by atoms with Crippen molar-refractivity contribution in [3.63, 3.8) is 0 Å². The molecule has 0 radical (unpaired) electrons. The number of aryl methyl sites for hydroxylation is 2. The minimum Gasteiger partial charge on any atom is -0.226 e. The maximum atomic E-state index is 4.51. The van der Waals surface area contributed by atoms with Crippen molar-refractivity contribution in [2.24, 2.45) is 24.3 Å². The Kier molecular flexibility index (Phi) is 3.15. The molecule has 4 heteroatoms. The summed E-state index contributed by atoms with van der Waals surface area (Å²) in [5.41, 5.74) is 3.16. The lowest BCUT2D eigenvalue weighted by Gasteiger charge is -1.98. The lowest BCUT2D eigenvalue weighted by molar-refractivity contribution is -0.632. The third-order valence-electron chi connectivity index (χ3n) is 4.22. The number of hydrogen-bond donors (Lipinski definition) is 0. The number of azo groups is 1. The predicted molar refractivity (Wildman–Crippen MR) is 92.2 cm³/mol. The third kappa shape index (κ3) is 2.19. The van der Waals surface area contributed by atoms with Gasteiger partial charge in [-0.15, -0.1) is 0 Å². The molecule has 0 unspecified atom stereocenters. The van der Waals surface area contributed by atoms with Crippen LogP contribution in [-0.2, 0) is 14.1 Å². The number of fused-ring (bicyclic) bond motifs is 2. The van der Waals surface area contributed by atoms with E-state index in [9.17, 15) is 0 Å². The molecule has 0 atom stereocenters. The summed E-state index contributed by atoms with van der Waals surface area (Å²) in [7, 11) is 4.03. The number of imidazole rings is 1. The van der Waals surface area contributed by atoms with Gasteiger partial charge in [-0.1, -0.05) is 53.6 Å². The van der Waals surface area contributed by atoms with Gasteiger partial charge in [0.25, 0.3) is 0 Å². The van der Waals surface area contributed by atoms with Crippen LogP contribution in [0.1, 0.15) is 0 Å². The second-order valence-corrected chi connectivity index (χ2v) is 5.61. The van der Waals surface area contributed by atoms with E-state index in [0.717, 1.165) is 28.1 Å². The standard InChI is InChI=1S/C19H17N4/c1-22-17-12-5-6-13-18(17)23(2)19(22)21-20-16-11-7-9-14-8-3-4-10-15(14)16/h3-13H,1-2H3/q+1. The number of aromatic nitrogens is 2. The van der Waals surface area contributed by atoms with Crippen LogP contribution in [0.3, 0.4) is 0 Å². The Labute approximate surface area is 134 Å². The van der Waals surface area contributed by atoms with Crippen LogP contribution < -0.4 is 4.57 Å². The minimum absolute atomic E-state index is 0.819. The highest BCUT2D eigenvalue weighted by atomic mass is 15.3. The lowest BCUT2D eigenvalue weighted by Crippen LogP contribution is -2.26. The van der Waals surface area contributed by atoms with Crippen molar-refractivity contribution >= 4 is 33.4 Å². The maximum Gasteiger partial charge on any atom is 0.422 e. The fraction of sp³-hybridized carbons (Fsp3) is 0.105. The van der Waals surface area contributed by atoms with Gasteiger partial charge < -0.3 is 0 Å². The van der Waals surface area contributed by atoms with E-state index in [2.05, 4.69) is 49.7 Å². The van der Waals surface area contributed by atoms with Crippen LogP contribution in [0.4, 0.5) is 11.6 Å². The summed E-state index contributed by atoms with van der Waals surface area (Å²) in [5.74, 6) is 0.819. The number of benzene rings is 3.